The molecule has 2 nitrogen and oxygen atoms in total. The normalized spacial score (nSPS) is 10.8. The van der Waals surface area contributed by atoms with E-state index in [9.17, 15) is 0 Å². The highest BCUT2D eigenvalue weighted by atomic mass is 79.9. The number of nitrogens with zero attached hydrogens (tertiary/aromatic N) is 1. The third-order valence-corrected chi connectivity index (χ3v) is 3.53. The molecule has 0 bridgehead atoms. The van der Waals surface area contributed by atoms with Crippen LogP contribution >= 0.6 is 27.5 Å². The van der Waals surface area contributed by atoms with E-state index >= 15 is 0 Å². The van der Waals surface area contributed by atoms with Gasteiger partial charge in [0.05, 0.1) is 0 Å². The van der Waals surface area contributed by atoms with E-state index in [1.54, 1.807) is 12.3 Å². The zero-order valence-corrected chi connectivity index (χ0v) is 13.4. The van der Waals surface area contributed by atoms with Crippen LogP contribution < -0.4 is 4.74 Å². The number of aromatic nitrogens is 1. The zero-order valence-electron chi connectivity index (χ0n) is 11.1. The Balaban J connectivity index is 2.40. The van der Waals surface area contributed by atoms with Crippen molar-refractivity contribution in [1.82, 2.24) is 4.98 Å². The summed E-state index contributed by atoms with van der Waals surface area (Å²) >= 11 is 9.40. The monoisotopic (exact) mass is 339 g/mol. The van der Waals surface area contributed by atoms with E-state index in [-0.39, 0.29) is 0 Å². The van der Waals surface area contributed by atoms with Crippen LogP contribution in [0.4, 0.5) is 0 Å². The molecule has 0 fully saturated rings. The molecule has 4 heteroatoms. The molecule has 1 aromatic carbocycles. The number of ether oxygens (including phenoxy) is 1. The van der Waals surface area contributed by atoms with Crippen LogP contribution in [0, 0.1) is 6.92 Å². The van der Waals surface area contributed by atoms with Crippen LogP contribution in [0.2, 0.25) is 5.15 Å². The third kappa shape index (κ3) is 3.48. The maximum atomic E-state index is 5.99. The lowest BCUT2D eigenvalue weighted by Gasteiger charge is -2.15. The Hall–Kier alpha value is -1.06. The fourth-order valence-electron chi connectivity index (χ4n) is 1.77. The van der Waals surface area contributed by atoms with Crippen molar-refractivity contribution in [2.24, 2.45) is 0 Å². The minimum atomic E-state index is 0.380. The van der Waals surface area contributed by atoms with Crippen LogP contribution in [-0.2, 0) is 0 Å². The first-order valence-corrected chi connectivity index (χ1v) is 7.24. The zero-order chi connectivity index (χ0) is 14.0. The highest BCUT2D eigenvalue weighted by Gasteiger charge is 2.11. The van der Waals surface area contributed by atoms with Crippen LogP contribution in [0.25, 0.3) is 0 Å². The number of rotatable bonds is 3. The molecule has 0 saturated carbocycles. The van der Waals surface area contributed by atoms with Crippen LogP contribution in [-0.4, -0.2) is 4.98 Å². The molecule has 0 atom stereocenters. The first kappa shape index (κ1) is 14.4. The quantitative estimate of drug-likeness (QED) is 0.666. The van der Waals surface area contributed by atoms with Crippen molar-refractivity contribution in [3.8, 4) is 11.5 Å². The summed E-state index contributed by atoms with van der Waals surface area (Å²) in [4.78, 5) is 4.03. The van der Waals surface area contributed by atoms with Crippen molar-refractivity contribution in [2.45, 2.75) is 26.7 Å². The number of benzene rings is 1. The summed E-state index contributed by atoms with van der Waals surface area (Å²) in [6.07, 6.45) is 1.71. The summed E-state index contributed by atoms with van der Waals surface area (Å²) in [5.74, 6) is 1.97. The number of hydrogen-bond acceptors (Lipinski definition) is 2. The lowest BCUT2D eigenvalue weighted by atomic mass is 10.0. The highest BCUT2D eigenvalue weighted by molar-refractivity contribution is 9.10. The Morgan fingerprint density at radius 3 is 2.63 bits per heavy atom. The molecule has 0 radical (unpaired) electrons. The smallest absolute Gasteiger partial charge is 0.134 e. The van der Waals surface area contributed by atoms with Gasteiger partial charge in [0.15, 0.2) is 0 Å². The fourth-order valence-corrected chi connectivity index (χ4v) is 2.30. The van der Waals surface area contributed by atoms with Gasteiger partial charge < -0.3 is 4.74 Å². The van der Waals surface area contributed by atoms with Gasteiger partial charge in [0.25, 0.3) is 0 Å². The topological polar surface area (TPSA) is 22.1 Å². The molecule has 1 heterocycles. The molecule has 0 aliphatic rings. The molecule has 0 spiro atoms. The summed E-state index contributed by atoms with van der Waals surface area (Å²) in [5.41, 5.74) is 2.11. The van der Waals surface area contributed by atoms with Crippen molar-refractivity contribution in [3.05, 3.63) is 51.2 Å². The molecule has 0 N–H and O–H groups in total. The number of hydrogen-bond donors (Lipinski definition) is 0. The van der Waals surface area contributed by atoms with E-state index in [0.29, 0.717) is 11.1 Å². The standard InChI is InChI=1S/C15H15BrClNO/c1-9(2)12-6-11(16)4-5-13(12)19-14-7-15(17)18-8-10(14)3/h4-9H,1-3H3. The van der Waals surface area contributed by atoms with Crippen LogP contribution in [0.15, 0.2) is 34.9 Å². The molecule has 100 valence electrons. The average Bonchev–Trinajstić information content (AvgIpc) is 2.35. The van der Waals surface area contributed by atoms with Gasteiger partial charge in [-0.3, -0.25) is 0 Å². The molecule has 0 saturated heterocycles. The van der Waals surface area contributed by atoms with Gasteiger partial charge in [-0.2, -0.15) is 0 Å². The lowest BCUT2D eigenvalue weighted by Crippen LogP contribution is -1.96. The van der Waals surface area contributed by atoms with Crippen molar-refractivity contribution >= 4 is 27.5 Å². The molecule has 0 aliphatic carbocycles. The minimum absolute atomic E-state index is 0.380. The van der Waals surface area contributed by atoms with Gasteiger partial charge in [0, 0.05) is 22.3 Å². The Morgan fingerprint density at radius 1 is 1.21 bits per heavy atom. The predicted molar refractivity (Wildman–Crippen MR) is 82.3 cm³/mol. The van der Waals surface area contributed by atoms with Gasteiger partial charge >= 0.3 is 0 Å². The molecule has 19 heavy (non-hydrogen) atoms. The van der Waals surface area contributed by atoms with Crippen molar-refractivity contribution < 1.29 is 4.74 Å². The predicted octanol–water partition coefficient (Wildman–Crippen LogP) is 5.72. The number of pyridine rings is 1. The first-order valence-electron chi connectivity index (χ1n) is 6.07. The Kier molecular flexibility index (Phi) is 4.48. The summed E-state index contributed by atoms with van der Waals surface area (Å²) in [5, 5.41) is 0.434. The molecular formula is C15H15BrClNO. The maximum Gasteiger partial charge on any atom is 0.134 e. The third-order valence-electron chi connectivity index (χ3n) is 2.83. The fraction of sp³-hybridized carbons (Fsp3) is 0.267. The van der Waals surface area contributed by atoms with Crippen LogP contribution in [0.5, 0.6) is 11.5 Å². The number of halogens is 2. The number of aryl methyl sites for hydroxylation is 1. The molecule has 0 amide bonds. The molecule has 0 unspecified atom stereocenters. The van der Waals surface area contributed by atoms with Crippen molar-refractivity contribution in [3.63, 3.8) is 0 Å². The van der Waals surface area contributed by atoms with E-state index in [2.05, 4.69) is 40.8 Å². The molecular weight excluding hydrogens is 326 g/mol. The van der Waals surface area contributed by atoms with Gasteiger partial charge in [0.2, 0.25) is 0 Å². The summed E-state index contributed by atoms with van der Waals surface area (Å²) in [7, 11) is 0. The van der Waals surface area contributed by atoms with E-state index in [1.807, 2.05) is 19.1 Å². The molecule has 2 rings (SSSR count). The Bertz CT molecular complexity index is 599. The molecule has 2 aromatic rings. The second-order valence-electron chi connectivity index (χ2n) is 4.71. The summed E-state index contributed by atoms with van der Waals surface area (Å²) in [6.45, 7) is 6.23. The van der Waals surface area contributed by atoms with Crippen molar-refractivity contribution in [2.75, 3.05) is 0 Å². The minimum Gasteiger partial charge on any atom is -0.457 e. The van der Waals surface area contributed by atoms with Gasteiger partial charge in [0.1, 0.15) is 16.7 Å². The Morgan fingerprint density at radius 2 is 1.95 bits per heavy atom. The second kappa shape index (κ2) is 5.93. The van der Waals surface area contributed by atoms with Crippen LogP contribution in [0.1, 0.15) is 30.9 Å². The second-order valence-corrected chi connectivity index (χ2v) is 6.01. The molecule has 0 aliphatic heterocycles. The molecule has 1 aromatic heterocycles. The van der Waals surface area contributed by atoms with Gasteiger partial charge in [-0.05, 0) is 36.6 Å². The van der Waals surface area contributed by atoms with Gasteiger partial charge in [-0.1, -0.05) is 41.4 Å². The van der Waals surface area contributed by atoms with E-state index in [4.69, 9.17) is 16.3 Å². The van der Waals surface area contributed by atoms with Gasteiger partial charge in [-0.15, -0.1) is 0 Å². The average molecular weight is 341 g/mol. The van der Waals surface area contributed by atoms with Gasteiger partial charge in [-0.25, -0.2) is 4.98 Å². The summed E-state index contributed by atoms with van der Waals surface area (Å²) < 4.78 is 7.04. The SMILES string of the molecule is Cc1cnc(Cl)cc1Oc1ccc(Br)cc1C(C)C. The van der Waals surface area contributed by atoms with E-state index in [1.165, 1.54) is 0 Å². The van der Waals surface area contributed by atoms with E-state index in [0.717, 1.165) is 27.1 Å². The first-order chi connectivity index (χ1) is 8.97. The largest absolute Gasteiger partial charge is 0.457 e. The summed E-state index contributed by atoms with van der Waals surface area (Å²) in [6, 6.07) is 7.76. The van der Waals surface area contributed by atoms with Crippen LogP contribution in [0.3, 0.4) is 0 Å². The maximum absolute atomic E-state index is 5.99. The highest BCUT2D eigenvalue weighted by Crippen LogP contribution is 2.34. The van der Waals surface area contributed by atoms with E-state index < -0.39 is 0 Å². The lowest BCUT2D eigenvalue weighted by molar-refractivity contribution is 0.468. The van der Waals surface area contributed by atoms with Crippen molar-refractivity contribution in [1.29, 1.82) is 0 Å². The Labute approximate surface area is 126 Å².